The average Bonchev–Trinajstić information content (AvgIpc) is 3.25. The number of ether oxygens (including phenoxy) is 1. The van der Waals surface area contributed by atoms with Crippen molar-refractivity contribution in [2.24, 2.45) is 5.92 Å². The molecule has 34 heavy (non-hydrogen) atoms. The van der Waals surface area contributed by atoms with Crippen LogP contribution in [0.2, 0.25) is 0 Å². The fourth-order valence-corrected chi connectivity index (χ4v) is 5.07. The molecule has 1 N–H and O–H groups in total. The van der Waals surface area contributed by atoms with Gasteiger partial charge in [0.2, 0.25) is 15.9 Å². The van der Waals surface area contributed by atoms with Crippen LogP contribution < -0.4 is 0 Å². The van der Waals surface area contributed by atoms with Crippen LogP contribution in [0.15, 0.2) is 35.4 Å². The number of hydrogen-bond acceptors (Lipinski definition) is 7. The van der Waals surface area contributed by atoms with E-state index in [0.29, 0.717) is 25.9 Å². The zero-order valence-electron chi connectivity index (χ0n) is 19.7. The van der Waals surface area contributed by atoms with Gasteiger partial charge in [-0.1, -0.05) is 12.1 Å². The van der Waals surface area contributed by atoms with Gasteiger partial charge in [0.25, 0.3) is 0 Å². The number of fused-ring (bicyclic) bond motifs is 1. The van der Waals surface area contributed by atoms with Gasteiger partial charge in [0.15, 0.2) is 0 Å². The van der Waals surface area contributed by atoms with Crippen LogP contribution in [0.1, 0.15) is 32.4 Å². The summed E-state index contributed by atoms with van der Waals surface area (Å²) in [6.07, 6.45) is 1.87. The van der Waals surface area contributed by atoms with Crippen molar-refractivity contribution in [2.45, 2.75) is 56.9 Å². The van der Waals surface area contributed by atoms with Gasteiger partial charge in [-0.2, -0.15) is 4.31 Å². The molecule has 0 radical (unpaired) electrons. The molecule has 0 spiro atoms. The molecule has 1 aliphatic rings. The number of benzene rings is 1. The molecule has 0 saturated heterocycles. The van der Waals surface area contributed by atoms with E-state index in [1.807, 2.05) is 6.92 Å². The smallest absolute Gasteiger partial charge is 0.242 e. The molecule has 10 nitrogen and oxygen atoms in total. The third kappa shape index (κ3) is 6.17. The van der Waals surface area contributed by atoms with Crippen LogP contribution in [-0.4, -0.2) is 82.5 Å². The fraction of sp³-hybridized carbons (Fsp3) is 0.591. The number of amides is 1. The molecule has 1 aromatic carbocycles. The Hall–Kier alpha value is -2.41. The minimum Gasteiger partial charge on any atom is -0.394 e. The number of halogens is 1. The summed E-state index contributed by atoms with van der Waals surface area (Å²) in [5.74, 6) is -0.875. The van der Waals surface area contributed by atoms with Crippen LogP contribution in [0.5, 0.6) is 0 Å². The van der Waals surface area contributed by atoms with Crippen LogP contribution in [0.3, 0.4) is 0 Å². The first-order valence-electron chi connectivity index (χ1n) is 11.2. The van der Waals surface area contributed by atoms with E-state index < -0.39 is 21.9 Å². The molecule has 12 heteroatoms. The van der Waals surface area contributed by atoms with E-state index in [0.717, 1.165) is 17.8 Å². The lowest BCUT2D eigenvalue weighted by atomic mass is 10.0. The number of carbonyl (C=O) groups excluding carboxylic acids is 1. The molecule has 0 fully saturated rings. The lowest BCUT2D eigenvalue weighted by Crippen LogP contribution is -2.47. The summed E-state index contributed by atoms with van der Waals surface area (Å²) in [6, 6.07) is 4.26. The third-order valence-electron chi connectivity index (χ3n) is 6.10. The Labute approximate surface area is 199 Å². The zero-order chi connectivity index (χ0) is 24.9. The molecule has 0 saturated carbocycles. The lowest BCUT2D eigenvalue weighted by Gasteiger charge is -2.35. The van der Waals surface area contributed by atoms with Crippen molar-refractivity contribution in [3.05, 3.63) is 42.0 Å². The summed E-state index contributed by atoms with van der Waals surface area (Å²) in [5, 5.41) is 17.7. The first-order valence-corrected chi connectivity index (χ1v) is 12.7. The Bertz CT molecular complexity index is 1060. The van der Waals surface area contributed by atoms with E-state index in [-0.39, 0.29) is 42.5 Å². The molecular weight excluding hydrogens is 465 g/mol. The van der Waals surface area contributed by atoms with Gasteiger partial charge in [-0.05, 0) is 37.6 Å². The number of aryl methyl sites for hydroxylation is 1. The van der Waals surface area contributed by atoms with Gasteiger partial charge in [-0.15, -0.1) is 5.10 Å². The highest BCUT2D eigenvalue weighted by atomic mass is 32.2. The summed E-state index contributed by atoms with van der Waals surface area (Å²) >= 11 is 0. The van der Waals surface area contributed by atoms with Crippen LogP contribution >= 0.6 is 0 Å². The minimum absolute atomic E-state index is 0.0119. The number of sulfonamides is 1. The molecule has 0 unspecified atom stereocenters. The molecule has 3 rings (SSSR count). The molecule has 2 aromatic rings. The monoisotopic (exact) mass is 497 g/mol. The van der Waals surface area contributed by atoms with Crippen LogP contribution in [0.25, 0.3) is 0 Å². The lowest BCUT2D eigenvalue weighted by molar-refractivity contribution is -0.136. The van der Waals surface area contributed by atoms with E-state index in [1.165, 1.54) is 23.5 Å². The topological polar surface area (TPSA) is 118 Å². The Morgan fingerprint density at radius 2 is 2.03 bits per heavy atom. The maximum Gasteiger partial charge on any atom is 0.242 e. The second-order valence-corrected chi connectivity index (χ2v) is 10.7. The maximum atomic E-state index is 13.3. The van der Waals surface area contributed by atoms with Gasteiger partial charge in [0.1, 0.15) is 5.82 Å². The summed E-state index contributed by atoms with van der Waals surface area (Å²) < 4.78 is 48.4. The molecular formula is C22H32FN5O5S. The fourth-order valence-electron chi connectivity index (χ4n) is 3.88. The first-order chi connectivity index (χ1) is 16.1. The van der Waals surface area contributed by atoms with Gasteiger partial charge >= 0.3 is 0 Å². The Morgan fingerprint density at radius 3 is 2.71 bits per heavy atom. The number of rotatable bonds is 6. The second kappa shape index (κ2) is 11.3. The van der Waals surface area contributed by atoms with Crippen LogP contribution in [0, 0.1) is 11.7 Å². The van der Waals surface area contributed by atoms with Gasteiger partial charge in [-0.25, -0.2) is 17.5 Å². The van der Waals surface area contributed by atoms with Crippen molar-refractivity contribution in [2.75, 3.05) is 26.7 Å². The molecule has 2 heterocycles. The molecule has 1 aromatic heterocycles. The number of aromatic nitrogens is 3. The van der Waals surface area contributed by atoms with Crippen molar-refractivity contribution in [1.82, 2.24) is 24.2 Å². The minimum atomic E-state index is -3.89. The number of nitrogens with zero attached hydrogens (tertiary/aromatic N) is 5. The Morgan fingerprint density at radius 1 is 1.32 bits per heavy atom. The predicted octanol–water partition coefficient (Wildman–Crippen LogP) is 1.26. The molecule has 0 aliphatic carbocycles. The number of aliphatic hydroxyl groups excluding tert-OH is 1. The van der Waals surface area contributed by atoms with Crippen molar-refractivity contribution in [3.8, 4) is 0 Å². The molecule has 188 valence electrons. The summed E-state index contributed by atoms with van der Waals surface area (Å²) in [7, 11) is -2.45. The summed E-state index contributed by atoms with van der Waals surface area (Å²) in [5.41, 5.74) is 0.731. The largest absolute Gasteiger partial charge is 0.394 e. The predicted molar refractivity (Wildman–Crippen MR) is 121 cm³/mol. The molecule has 1 aliphatic heterocycles. The number of hydrogen-bond donors (Lipinski definition) is 1. The molecule has 3 atom stereocenters. The highest BCUT2D eigenvalue weighted by molar-refractivity contribution is 7.89. The summed E-state index contributed by atoms with van der Waals surface area (Å²) in [4.78, 5) is 14.5. The quantitative estimate of drug-likeness (QED) is 0.638. The third-order valence-corrected chi connectivity index (χ3v) is 7.94. The second-order valence-electron chi connectivity index (χ2n) is 8.70. The van der Waals surface area contributed by atoms with Crippen LogP contribution in [0.4, 0.5) is 4.39 Å². The maximum absolute atomic E-state index is 13.3. The van der Waals surface area contributed by atoms with E-state index >= 15 is 0 Å². The van der Waals surface area contributed by atoms with Gasteiger partial charge in [0, 0.05) is 39.0 Å². The van der Waals surface area contributed by atoms with Gasteiger partial charge in [-0.3, -0.25) is 4.79 Å². The van der Waals surface area contributed by atoms with Gasteiger partial charge in [0.05, 0.1) is 42.1 Å². The number of aliphatic hydroxyl groups is 1. The Balaban J connectivity index is 1.86. The average molecular weight is 498 g/mol. The molecule has 0 bridgehead atoms. The van der Waals surface area contributed by atoms with E-state index in [1.54, 1.807) is 22.7 Å². The Kier molecular flexibility index (Phi) is 8.74. The van der Waals surface area contributed by atoms with Crippen molar-refractivity contribution in [3.63, 3.8) is 0 Å². The zero-order valence-corrected chi connectivity index (χ0v) is 20.5. The highest BCUT2D eigenvalue weighted by Crippen LogP contribution is 2.21. The normalized spacial score (nSPS) is 21.6. The summed E-state index contributed by atoms with van der Waals surface area (Å²) in [6.45, 7) is 4.45. The van der Waals surface area contributed by atoms with Crippen molar-refractivity contribution < 1.29 is 27.4 Å². The molecule has 1 amide bonds. The van der Waals surface area contributed by atoms with E-state index in [4.69, 9.17) is 4.74 Å². The number of likely N-dealkylation sites (N-methyl/N-ethyl adjacent to an activating group) is 1. The van der Waals surface area contributed by atoms with E-state index in [2.05, 4.69) is 10.3 Å². The van der Waals surface area contributed by atoms with Crippen LogP contribution in [-0.2, 0) is 32.7 Å². The van der Waals surface area contributed by atoms with Crippen molar-refractivity contribution >= 4 is 15.9 Å². The van der Waals surface area contributed by atoms with Gasteiger partial charge < -0.3 is 14.7 Å². The highest BCUT2D eigenvalue weighted by Gasteiger charge is 2.31. The standard InChI is InChI=1S/C22H32FN5O5S/c1-16-12-27(17(2)14-29)22(30)5-4-10-28-19(11-24-25-28)15-33-21(16)13-26(3)34(31,32)20-8-6-18(23)7-9-20/h6-9,11,16-17,21,29H,4-5,10,12-15H2,1-3H3/t16-,17+,21-/m0/s1. The number of carbonyl (C=O) groups is 1. The van der Waals surface area contributed by atoms with Crippen molar-refractivity contribution in [1.29, 1.82) is 0 Å². The van der Waals surface area contributed by atoms with E-state index in [9.17, 15) is 22.7 Å². The first kappa shape index (κ1) is 26.2. The SMILES string of the molecule is C[C@H](CO)N1C[C@H](C)[C@H](CN(C)S(=O)(=O)c2ccc(F)cc2)OCc2cnnn2CCCC1=O.